The maximum Gasteiger partial charge on any atom is 0.229 e. The summed E-state index contributed by atoms with van der Waals surface area (Å²) in [5.41, 5.74) is 2.29. The van der Waals surface area contributed by atoms with E-state index in [0.717, 1.165) is 48.6 Å². The van der Waals surface area contributed by atoms with E-state index in [1.807, 2.05) is 36.4 Å². The number of halogens is 1. The van der Waals surface area contributed by atoms with Crippen LogP contribution in [0.1, 0.15) is 11.1 Å². The van der Waals surface area contributed by atoms with E-state index in [9.17, 15) is 4.79 Å². The van der Waals surface area contributed by atoms with E-state index in [-0.39, 0.29) is 5.91 Å². The van der Waals surface area contributed by atoms with Crippen LogP contribution < -0.4 is 10.2 Å². The number of anilines is 2. The van der Waals surface area contributed by atoms with Gasteiger partial charge in [-0.2, -0.15) is 0 Å². The van der Waals surface area contributed by atoms with Crippen molar-refractivity contribution in [2.24, 2.45) is 0 Å². The Hall–Kier alpha value is -2.77. The second kappa shape index (κ2) is 9.82. The molecule has 4 rings (SSSR count). The highest BCUT2D eigenvalue weighted by atomic mass is 79.9. The number of aromatic nitrogens is 2. The van der Waals surface area contributed by atoms with Gasteiger partial charge in [0.05, 0.1) is 6.42 Å². The Labute approximate surface area is 185 Å². The van der Waals surface area contributed by atoms with Crippen LogP contribution in [-0.4, -0.2) is 47.0 Å². The molecule has 154 valence electrons. The lowest BCUT2D eigenvalue weighted by atomic mass is 10.1. The number of benzene rings is 2. The summed E-state index contributed by atoms with van der Waals surface area (Å²) in [6.07, 6.45) is 1.83. The number of hydrogen-bond donors (Lipinski definition) is 1. The minimum atomic E-state index is -0.0883. The van der Waals surface area contributed by atoms with Gasteiger partial charge in [-0.15, -0.1) is 0 Å². The molecule has 1 saturated heterocycles. The van der Waals surface area contributed by atoms with E-state index in [1.165, 1.54) is 11.9 Å². The van der Waals surface area contributed by atoms with Crippen LogP contribution in [0.5, 0.6) is 0 Å². The van der Waals surface area contributed by atoms with E-state index in [2.05, 4.69) is 65.3 Å². The molecule has 0 radical (unpaired) electrons. The lowest BCUT2D eigenvalue weighted by molar-refractivity contribution is -0.115. The normalized spacial score (nSPS) is 14.5. The second-order valence-electron chi connectivity index (χ2n) is 7.36. The average molecular weight is 466 g/mol. The van der Waals surface area contributed by atoms with Gasteiger partial charge in [0.15, 0.2) is 0 Å². The molecular formula is C23H24BrN5O. The van der Waals surface area contributed by atoms with E-state index in [4.69, 9.17) is 0 Å². The van der Waals surface area contributed by atoms with Crippen LogP contribution in [0.25, 0.3) is 0 Å². The van der Waals surface area contributed by atoms with Gasteiger partial charge in [-0.05, 0) is 23.3 Å². The number of carbonyl (C=O) groups excluding carboxylic acids is 1. The fourth-order valence-corrected chi connectivity index (χ4v) is 3.80. The van der Waals surface area contributed by atoms with Gasteiger partial charge in [0.25, 0.3) is 0 Å². The van der Waals surface area contributed by atoms with Crippen molar-refractivity contribution >= 4 is 33.5 Å². The summed E-state index contributed by atoms with van der Waals surface area (Å²) in [5, 5.41) is 2.89. The fourth-order valence-electron chi connectivity index (χ4n) is 3.54. The Morgan fingerprint density at radius 2 is 1.67 bits per heavy atom. The average Bonchev–Trinajstić information content (AvgIpc) is 2.77. The monoisotopic (exact) mass is 465 g/mol. The number of nitrogens with zero attached hydrogens (tertiary/aromatic N) is 4. The molecule has 2 aromatic carbocycles. The Morgan fingerprint density at radius 1 is 0.933 bits per heavy atom. The molecule has 1 aliphatic rings. The Kier molecular flexibility index (Phi) is 6.71. The third-order valence-corrected chi connectivity index (χ3v) is 5.67. The zero-order valence-electron chi connectivity index (χ0n) is 16.7. The first kappa shape index (κ1) is 20.5. The molecule has 3 aromatic rings. The summed E-state index contributed by atoms with van der Waals surface area (Å²) in [7, 11) is 0. The molecule has 0 bridgehead atoms. The number of carbonyl (C=O) groups is 1. The zero-order valence-corrected chi connectivity index (χ0v) is 18.3. The maximum absolute atomic E-state index is 12.4. The molecule has 7 heteroatoms. The molecule has 1 aromatic heterocycles. The molecule has 30 heavy (non-hydrogen) atoms. The van der Waals surface area contributed by atoms with Crippen molar-refractivity contribution in [3.8, 4) is 0 Å². The molecule has 1 N–H and O–H groups in total. The molecular weight excluding hydrogens is 442 g/mol. The Morgan fingerprint density at radius 3 is 2.40 bits per heavy atom. The lowest BCUT2D eigenvalue weighted by Crippen LogP contribution is -2.46. The van der Waals surface area contributed by atoms with Crippen molar-refractivity contribution in [2.45, 2.75) is 13.0 Å². The van der Waals surface area contributed by atoms with E-state index < -0.39 is 0 Å². The Balaban J connectivity index is 1.31. The maximum atomic E-state index is 12.4. The van der Waals surface area contributed by atoms with Crippen LogP contribution >= 0.6 is 15.9 Å². The first-order valence-corrected chi connectivity index (χ1v) is 10.8. The molecule has 0 saturated carbocycles. The molecule has 1 fully saturated rings. The highest BCUT2D eigenvalue weighted by Gasteiger charge is 2.19. The first-order chi connectivity index (χ1) is 14.7. The second-order valence-corrected chi connectivity index (χ2v) is 8.28. The fraction of sp³-hybridized carbons (Fsp3) is 0.261. The van der Waals surface area contributed by atoms with Gasteiger partial charge in [0, 0.05) is 43.3 Å². The van der Waals surface area contributed by atoms with Crippen LogP contribution in [0.4, 0.5) is 11.6 Å². The molecule has 6 nitrogen and oxygen atoms in total. The molecule has 0 aliphatic carbocycles. The summed E-state index contributed by atoms with van der Waals surface area (Å²) < 4.78 is 0.996. The lowest BCUT2D eigenvalue weighted by Gasteiger charge is -2.35. The number of nitrogens with one attached hydrogen (secondary N) is 1. The smallest absolute Gasteiger partial charge is 0.229 e. The van der Waals surface area contributed by atoms with Gasteiger partial charge in [-0.3, -0.25) is 9.69 Å². The molecule has 0 unspecified atom stereocenters. The minimum absolute atomic E-state index is 0.0883. The molecule has 0 spiro atoms. The third kappa shape index (κ3) is 5.64. The zero-order chi connectivity index (χ0) is 20.8. The largest absolute Gasteiger partial charge is 0.354 e. The topological polar surface area (TPSA) is 61.4 Å². The molecule has 1 amide bonds. The van der Waals surface area contributed by atoms with Crippen molar-refractivity contribution in [3.05, 3.63) is 82.6 Å². The highest BCUT2D eigenvalue weighted by molar-refractivity contribution is 9.10. The minimum Gasteiger partial charge on any atom is -0.354 e. The van der Waals surface area contributed by atoms with Gasteiger partial charge in [-0.1, -0.05) is 58.4 Å². The number of rotatable bonds is 6. The van der Waals surface area contributed by atoms with Crippen LogP contribution in [0.3, 0.4) is 0 Å². The summed E-state index contributed by atoms with van der Waals surface area (Å²) in [6.45, 7) is 4.72. The van der Waals surface area contributed by atoms with Crippen LogP contribution in [-0.2, 0) is 17.8 Å². The van der Waals surface area contributed by atoms with Gasteiger partial charge in [0.1, 0.15) is 18.0 Å². The van der Waals surface area contributed by atoms with E-state index in [1.54, 1.807) is 0 Å². The van der Waals surface area contributed by atoms with Crippen molar-refractivity contribution in [3.63, 3.8) is 0 Å². The molecule has 2 heterocycles. The number of amides is 1. The van der Waals surface area contributed by atoms with Crippen molar-refractivity contribution < 1.29 is 4.79 Å². The highest BCUT2D eigenvalue weighted by Crippen LogP contribution is 2.18. The van der Waals surface area contributed by atoms with Crippen LogP contribution in [0.2, 0.25) is 0 Å². The van der Waals surface area contributed by atoms with Crippen molar-refractivity contribution in [1.82, 2.24) is 14.9 Å². The van der Waals surface area contributed by atoms with Gasteiger partial charge in [-0.25, -0.2) is 9.97 Å². The third-order valence-electron chi connectivity index (χ3n) is 5.14. The van der Waals surface area contributed by atoms with Crippen LogP contribution in [0, 0.1) is 0 Å². The van der Waals surface area contributed by atoms with E-state index in [0.29, 0.717) is 12.2 Å². The standard InChI is InChI=1S/C23H24BrN5O/c24-20-8-6-18(7-9-20)14-23(30)27-21-15-22(26-17-25-21)29-12-10-28(11-13-29)16-19-4-2-1-3-5-19/h1-9,15,17H,10-14,16H2,(H,25,26,27,30). The summed E-state index contributed by atoms with van der Waals surface area (Å²) >= 11 is 3.41. The number of hydrogen-bond acceptors (Lipinski definition) is 5. The van der Waals surface area contributed by atoms with Gasteiger partial charge < -0.3 is 10.2 Å². The van der Waals surface area contributed by atoms with Crippen molar-refractivity contribution in [2.75, 3.05) is 36.4 Å². The molecule has 0 atom stereocenters. The van der Waals surface area contributed by atoms with Crippen molar-refractivity contribution in [1.29, 1.82) is 0 Å². The predicted octanol–water partition coefficient (Wildman–Crippen LogP) is 3.74. The summed E-state index contributed by atoms with van der Waals surface area (Å²) in [4.78, 5) is 25.7. The summed E-state index contributed by atoms with van der Waals surface area (Å²) in [6, 6.07) is 20.1. The quantitative estimate of drug-likeness (QED) is 0.600. The SMILES string of the molecule is O=C(Cc1ccc(Br)cc1)Nc1cc(N2CCN(Cc3ccccc3)CC2)ncn1. The first-order valence-electron chi connectivity index (χ1n) is 10.0. The van der Waals surface area contributed by atoms with E-state index >= 15 is 0 Å². The van der Waals surface area contributed by atoms with Gasteiger partial charge in [0.2, 0.25) is 5.91 Å². The summed E-state index contributed by atoms with van der Waals surface area (Å²) in [5.74, 6) is 1.30. The Bertz CT molecular complexity index is 972. The van der Waals surface area contributed by atoms with Gasteiger partial charge >= 0.3 is 0 Å². The number of piperazine rings is 1. The predicted molar refractivity (Wildman–Crippen MR) is 122 cm³/mol. The molecule has 1 aliphatic heterocycles. The van der Waals surface area contributed by atoms with Crippen LogP contribution in [0.15, 0.2) is 71.5 Å².